The van der Waals surface area contributed by atoms with Gasteiger partial charge in [-0.05, 0) is 51.2 Å². The molecule has 37 heavy (non-hydrogen) atoms. The number of alkyl halides is 3. The van der Waals surface area contributed by atoms with Gasteiger partial charge in [0.15, 0.2) is 5.60 Å². The third-order valence-electron chi connectivity index (χ3n) is 7.95. The molecule has 1 aliphatic carbocycles. The second-order valence-electron chi connectivity index (χ2n) is 10.5. The summed E-state index contributed by atoms with van der Waals surface area (Å²) < 4.78 is 89.2. The van der Waals surface area contributed by atoms with Crippen LogP contribution < -0.4 is 0 Å². The lowest BCUT2D eigenvalue weighted by Gasteiger charge is -2.57. The summed E-state index contributed by atoms with van der Waals surface area (Å²) in [5.41, 5.74) is -0.422. The van der Waals surface area contributed by atoms with E-state index in [-0.39, 0.29) is 35.5 Å². The summed E-state index contributed by atoms with van der Waals surface area (Å²) in [6.07, 6.45) is -3.80. The van der Waals surface area contributed by atoms with Crippen molar-refractivity contribution in [3.05, 3.63) is 41.2 Å². The number of ether oxygens (including phenoxy) is 3. The SMILES string of the molecule is Cc1ccc(S(=O)(=O)OCCOCC2=C(C(F)(F)F)O[C@@H]3O[C@]4(C)CCC5[C@H](C)CC[C@@H]2[C@]53OO4)cc1. The number of rotatable bonds is 7. The molecule has 1 spiro atoms. The highest BCUT2D eigenvalue weighted by Crippen LogP contribution is 2.61. The van der Waals surface area contributed by atoms with Crippen molar-refractivity contribution in [2.24, 2.45) is 17.8 Å². The summed E-state index contributed by atoms with van der Waals surface area (Å²) in [6, 6.07) is 6.13. The normalized spacial score (nSPS) is 35.6. The first-order valence-corrected chi connectivity index (χ1v) is 13.8. The fraction of sp³-hybridized carbons (Fsp3) is 0.680. The first kappa shape index (κ1) is 26.9. The molecule has 206 valence electrons. The van der Waals surface area contributed by atoms with Crippen LogP contribution in [-0.4, -0.2) is 52.1 Å². The maximum absolute atomic E-state index is 14.2. The second-order valence-corrected chi connectivity index (χ2v) is 12.1. The Morgan fingerprint density at radius 1 is 1.08 bits per heavy atom. The summed E-state index contributed by atoms with van der Waals surface area (Å²) >= 11 is 0. The number of benzene rings is 1. The van der Waals surface area contributed by atoms with Gasteiger partial charge in [0, 0.05) is 23.8 Å². The molecule has 4 aliphatic heterocycles. The van der Waals surface area contributed by atoms with Crippen LogP contribution in [0.5, 0.6) is 0 Å². The lowest BCUT2D eigenvalue weighted by Crippen LogP contribution is -2.67. The van der Waals surface area contributed by atoms with E-state index in [2.05, 4.69) is 6.92 Å². The van der Waals surface area contributed by atoms with Crippen molar-refractivity contribution < 1.29 is 49.8 Å². The molecule has 3 saturated heterocycles. The van der Waals surface area contributed by atoms with E-state index in [4.69, 9.17) is 28.2 Å². The monoisotopic (exact) mass is 548 g/mol. The Kier molecular flexibility index (Phi) is 6.90. The summed E-state index contributed by atoms with van der Waals surface area (Å²) in [7, 11) is -4.02. The minimum absolute atomic E-state index is 0.0110. The molecule has 0 radical (unpaired) electrons. The number of hydrogen-bond acceptors (Lipinski definition) is 8. The van der Waals surface area contributed by atoms with Crippen molar-refractivity contribution in [2.45, 2.75) is 75.2 Å². The van der Waals surface area contributed by atoms with Crippen molar-refractivity contribution in [3.8, 4) is 0 Å². The number of halogens is 3. The lowest BCUT2D eigenvalue weighted by molar-refractivity contribution is -0.557. The van der Waals surface area contributed by atoms with Crippen LogP contribution in [0.2, 0.25) is 0 Å². The van der Waals surface area contributed by atoms with Crippen molar-refractivity contribution in [1.29, 1.82) is 0 Å². The molecule has 5 aliphatic rings. The standard InChI is InChI=1S/C25H31F3O8S/c1-15-4-7-17(8-5-15)37(29,30)32-13-12-31-14-18-20-9-6-16(2)19-10-11-23(3)34-22(24(19,20)36-35-23)33-21(18)25(26,27)28/h4-5,7-8,16,19-20,22H,6,9-14H2,1-3H3/t16-,19?,20+,22-,23+,24-/m1/s1. The van der Waals surface area contributed by atoms with Gasteiger partial charge in [0.1, 0.15) is 0 Å². The van der Waals surface area contributed by atoms with Gasteiger partial charge in [-0.2, -0.15) is 21.6 Å². The molecule has 0 N–H and O–H groups in total. The highest BCUT2D eigenvalue weighted by atomic mass is 32.2. The molecule has 1 unspecified atom stereocenters. The predicted molar refractivity (Wildman–Crippen MR) is 122 cm³/mol. The molecule has 4 fully saturated rings. The van der Waals surface area contributed by atoms with Gasteiger partial charge in [-0.25, -0.2) is 9.78 Å². The van der Waals surface area contributed by atoms with Crippen LogP contribution >= 0.6 is 0 Å². The van der Waals surface area contributed by atoms with E-state index in [0.29, 0.717) is 25.7 Å². The fourth-order valence-electron chi connectivity index (χ4n) is 6.06. The average molecular weight is 549 g/mol. The van der Waals surface area contributed by atoms with E-state index in [0.717, 1.165) is 5.56 Å². The highest BCUT2D eigenvalue weighted by molar-refractivity contribution is 7.86. The Hall–Kier alpha value is -1.70. The van der Waals surface area contributed by atoms with Crippen molar-refractivity contribution in [1.82, 2.24) is 0 Å². The molecule has 6 atom stereocenters. The molecular formula is C25H31F3O8S. The van der Waals surface area contributed by atoms with Crippen LogP contribution in [0.15, 0.2) is 40.5 Å². The first-order chi connectivity index (χ1) is 17.4. The van der Waals surface area contributed by atoms with E-state index in [1.54, 1.807) is 19.1 Å². The zero-order valence-corrected chi connectivity index (χ0v) is 21.7. The zero-order chi connectivity index (χ0) is 26.6. The Balaban J connectivity index is 1.34. The Morgan fingerprint density at radius 3 is 2.51 bits per heavy atom. The van der Waals surface area contributed by atoms with E-state index in [1.807, 2.05) is 6.92 Å². The molecule has 8 nitrogen and oxygen atoms in total. The molecule has 12 heteroatoms. The second kappa shape index (κ2) is 9.49. The van der Waals surface area contributed by atoms with E-state index in [9.17, 15) is 21.6 Å². The molecule has 1 aromatic rings. The quantitative estimate of drug-likeness (QED) is 0.273. The molecule has 4 heterocycles. The summed E-state index contributed by atoms with van der Waals surface area (Å²) in [4.78, 5) is 11.5. The molecular weight excluding hydrogens is 517 g/mol. The van der Waals surface area contributed by atoms with Gasteiger partial charge in [-0.3, -0.25) is 4.18 Å². The van der Waals surface area contributed by atoms with E-state index < -0.39 is 52.3 Å². The zero-order valence-electron chi connectivity index (χ0n) is 20.9. The van der Waals surface area contributed by atoms with Crippen LogP contribution in [0.1, 0.15) is 45.1 Å². The lowest BCUT2D eigenvalue weighted by atomic mass is 9.59. The minimum atomic E-state index is -4.78. The smallest absolute Gasteiger partial charge is 0.449 e. The predicted octanol–water partition coefficient (Wildman–Crippen LogP) is 4.78. The van der Waals surface area contributed by atoms with Gasteiger partial charge in [-0.15, -0.1) is 0 Å². The van der Waals surface area contributed by atoms with Crippen molar-refractivity contribution in [2.75, 3.05) is 19.8 Å². The number of aryl methyl sites for hydroxylation is 1. The van der Waals surface area contributed by atoms with Crippen LogP contribution in [-0.2, 0) is 38.3 Å². The van der Waals surface area contributed by atoms with Gasteiger partial charge in [0.25, 0.3) is 10.1 Å². The van der Waals surface area contributed by atoms with Crippen molar-refractivity contribution >= 4 is 10.1 Å². The van der Waals surface area contributed by atoms with Crippen LogP contribution in [0.25, 0.3) is 0 Å². The summed E-state index contributed by atoms with van der Waals surface area (Å²) in [5, 5.41) is 0. The third-order valence-corrected chi connectivity index (χ3v) is 9.27. The molecule has 0 aromatic heterocycles. The highest BCUT2D eigenvalue weighted by Gasteiger charge is 2.70. The maximum Gasteiger partial charge on any atom is 0.449 e. The maximum atomic E-state index is 14.2. The number of hydrogen-bond donors (Lipinski definition) is 0. The largest absolute Gasteiger partial charge is 0.456 e. The molecule has 6 rings (SSSR count). The van der Waals surface area contributed by atoms with Gasteiger partial charge < -0.3 is 14.2 Å². The van der Waals surface area contributed by atoms with E-state index >= 15 is 0 Å². The van der Waals surface area contributed by atoms with Crippen LogP contribution in [0.4, 0.5) is 13.2 Å². The Labute approximate surface area is 214 Å². The third kappa shape index (κ3) is 4.80. The van der Waals surface area contributed by atoms with Gasteiger partial charge >= 0.3 is 6.18 Å². The molecule has 1 saturated carbocycles. The van der Waals surface area contributed by atoms with Crippen LogP contribution in [0.3, 0.4) is 0 Å². The molecule has 2 bridgehead atoms. The van der Waals surface area contributed by atoms with Gasteiger partial charge in [0.2, 0.25) is 17.8 Å². The minimum Gasteiger partial charge on any atom is -0.456 e. The van der Waals surface area contributed by atoms with Gasteiger partial charge in [-0.1, -0.05) is 24.6 Å². The topological polar surface area (TPSA) is 89.5 Å². The van der Waals surface area contributed by atoms with Gasteiger partial charge in [0.05, 0.1) is 24.7 Å². The Bertz CT molecular complexity index is 1150. The first-order valence-electron chi connectivity index (χ1n) is 12.4. The number of fused-ring (bicyclic) bond motifs is 2. The van der Waals surface area contributed by atoms with Crippen molar-refractivity contribution in [3.63, 3.8) is 0 Å². The summed E-state index contributed by atoms with van der Waals surface area (Å²) in [6.45, 7) is 4.50. The molecule has 0 amide bonds. The van der Waals surface area contributed by atoms with Crippen LogP contribution in [0, 0.1) is 24.7 Å². The average Bonchev–Trinajstić information content (AvgIpc) is 3.06. The fourth-order valence-corrected chi connectivity index (χ4v) is 6.95. The van der Waals surface area contributed by atoms with E-state index in [1.165, 1.54) is 12.1 Å². The molecule has 1 aromatic carbocycles. The Morgan fingerprint density at radius 2 is 1.81 bits per heavy atom. The summed E-state index contributed by atoms with van der Waals surface area (Å²) in [5.74, 6) is -3.00. The number of allylic oxidation sites excluding steroid dienone is 1.